The summed E-state index contributed by atoms with van der Waals surface area (Å²) in [6.45, 7) is 3.88. The summed E-state index contributed by atoms with van der Waals surface area (Å²) in [5.41, 5.74) is 3.33. The van der Waals surface area contributed by atoms with Gasteiger partial charge in [0.05, 0.1) is 0 Å². The van der Waals surface area contributed by atoms with Crippen LogP contribution in [-0.2, 0) is 11.4 Å². The fourth-order valence-electron chi connectivity index (χ4n) is 3.43. The molecular formula is C21H19BrN4O2. The monoisotopic (exact) mass is 438 g/mol. The van der Waals surface area contributed by atoms with Crippen molar-refractivity contribution in [3.63, 3.8) is 0 Å². The lowest BCUT2D eigenvalue weighted by Gasteiger charge is -2.29. The summed E-state index contributed by atoms with van der Waals surface area (Å²) >= 11 is 3.54. The Morgan fingerprint density at radius 2 is 2.04 bits per heavy atom. The van der Waals surface area contributed by atoms with E-state index in [-0.39, 0.29) is 5.78 Å². The van der Waals surface area contributed by atoms with Gasteiger partial charge in [0.2, 0.25) is 5.95 Å². The number of benzene rings is 2. The van der Waals surface area contributed by atoms with Crippen LogP contribution < -0.4 is 10.1 Å². The molecule has 28 heavy (non-hydrogen) atoms. The number of ketones is 1. The van der Waals surface area contributed by atoms with Crippen LogP contribution in [-0.4, -0.2) is 20.5 Å². The molecule has 2 aromatic carbocycles. The van der Waals surface area contributed by atoms with Gasteiger partial charge < -0.3 is 10.1 Å². The number of allylic oxidation sites excluding steroid dienone is 2. The Morgan fingerprint density at radius 1 is 1.25 bits per heavy atom. The minimum Gasteiger partial charge on any atom is -0.489 e. The second-order valence-corrected chi connectivity index (χ2v) is 7.52. The number of fused-ring (bicyclic) bond motifs is 1. The van der Waals surface area contributed by atoms with E-state index in [0.29, 0.717) is 23.9 Å². The highest BCUT2D eigenvalue weighted by atomic mass is 79.9. The molecule has 6 nitrogen and oxygen atoms in total. The number of carbonyl (C=O) groups is 1. The zero-order chi connectivity index (χ0) is 19.7. The van der Waals surface area contributed by atoms with E-state index in [2.05, 4.69) is 31.3 Å². The van der Waals surface area contributed by atoms with Crippen LogP contribution in [0.15, 0.2) is 70.6 Å². The highest BCUT2D eigenvalue weighted by molar-refractivity contribution is 9.10. The van der Waals surface area contributed by atoms with Gasteiger partial charge in [-0.15, -0.1) is 0 Å². The largest absolute Gasteiger partial charge is 0.489 e. The number of nitrogens with one attached hydrogen (secondary N) is 1. The van der Waals surface area contributed by atoms with Crippen molar-refractivity contribution >= 4 is 27.7 Å². The predicted octanol–water partition coefficient (Wildman–Crippen LogP) is 4.50. The number of anilines is 1. The smallest absolute Gasteiger partial charge is 0.226 e. The van der Waals surface area contributed by atoms with Crippen molar-refractivity contribution in [2.45, 2.75) is 26.5 Å². The van der Waals surface area contributed by atoms with Crippen LogP contribution in [0.4, 0.5) is 5.95 Å². The van der Waals surface area contributed by atoms with E-state index in [0.717, 1.165) is 21.3 Å². The number of hydrogen-bond donors (Lipinski definition) is 1. The van der Waals surface area contributed by atoms with Crippen LogP contribution in [0.25, 0.3) is 0 Å². The Balaban J connectivity index is 1.79. The van der Waals surface area contributed by atoms with Crippen molar-refractivity contribution in [3.05, 3.63) is 81.7 Å². The van der Waals surface area contributed by atoms with Gasteiger partial charge in [0.15, 0.2) is 5.78 Å². The van der Waals surface area contributed by atoms with Crippen LogP contribution in [0.2, 0.25) is 0 Å². The van der Waals surface area contributed by atoms with E-state index in [1.165, 1.54) is 6.33 Å². The number of carbonyl (C=O) groups excluding carboxylic acids is 1. The SMILES string of the molecule is CC(=O)C1=C(C)Nc2ncnn2C1c1cc(Br)ccc1OCc1ccccc1. The first-order valence-electron chi connectivity index (χ1n) is 8.89. The zero-order valence-corrected chi connectivity index (χ0v) is 17.1. The number of aromatic nitrogens is 3. The first-order valence-corrected chi connectivity index (χ1v) is 9.68. The van der Waals surface area contributed by atoms with Gasteiger partial charge in [-0.2, -0.15) is 10.1 Å². The fraction of sp³-hybridized carbons (Fsp3) is 0.190. The first-order chi connectivity index (χ1) is 13.5. The van der Waals surface area contributed by atoms with E-state index in [9.17, 15) is 4.79 Å². The molecule has 0 fully saturated rings. The maximum atomic E-state index is 12.5. The van der Waals surface area contributed by atoms with E-state index in [4.69, 9.17) is 4.74 Å². The summed E-state index contributed by atoms with van der Waals surface area (Å²) in [6.07, 6.45) is 1.48. The summed E-state index contributed by atoms with van der Waals surface area (Å²) in [5.74, 6) is 1.28. The zero-order valence-electron chi connectivity index (χ0n) is 15.5. The van der Waals surface area contributed by atoms with Crippen molar-refractivity contribution < 1.29 is 9.53 Å². The Kier molecular flexibility index (Phi) is 5.00. The van der Waals surface area contributed by atoms with Crippen molar-refractivity contribution in [2.24, 2.45) is 0 Å². The normalized spacial score (nSPS) is 15.8. The minimum atomic E-state index is -0.417. The molecule has 0 amide bonds. The quantitative estimate of drug-likeness (QED) is 0.634. The maximum Gasteiger partial charge on any atom is 0.226 e. The van der Waals surface area contributed by atoms with Gasteiger partial charge in [0.1, 0.15) is 24.7 Å². The summed E-state index contributed by atoms with van der Waals surface area (Å²) in [5, 5.41) is 7.52. The lowest BCUT2D eigenvalue weighted by Crippen LogP contribution is -2.28. The average Bonchev–Trinajstić information content (AvgIpc) is 3.14. The van der Waals surface area contributed by atoms with Crippen molar-refractivity contribution in [1.82, 2.24) is 14.8 Å². The van der Waals surface area contributed by atoms with Crippen molar-refractivity contribution in [3.8, 4) is 5.75 Å². The Bertz CT molecular complexity index is 1060. The fourth-order valence-corrected chi connectivity index (χ4v) is 3.81. The molecule has 1 unspecified atom stereocenters. The van der Waals surface area contributed by atoms with Crippen molar-refractivity contribution in [2.75, 3.05) is 5.32 Å². The molecule has 0 saturated heterocycles. The summed E-state index contributed by atoms with van der Waals surface area (Å²) in [4.78, 5) is 16.8. The first kappa shape index (κ1) is 18.4. The van der Waals surface area contributed by atoms with Crippen molar-refractivity contribution in [1.29, 1.82) is 0 Å². The van der Waals surface area contributed by atoms with Crippen LogP contribution in [0.3, 0.4) is 0 Å². The van der Waals surface area contributed by atoms with E-state index >= 15 is 0 Å². The second kappa shape index (κ2) is 7.59. The Morgan fingerprint density at radius 3 is 2.79 bits per heavy atom. The van der Waals surface area contributed by atoms with Gasteiger partial charge >= 0.3 is 0 Å². The number of hydrogen-bond acceptors (Lipinski definition) is 5. The predicted molar refractivity (Wildman–Crippen MR) is 110 cm³/mol. The lowest BCUT2D eigenvalue weighted by molar-refractivity contribution is -0.114. The van der Waals surface area contributed by atoms with Gasteiger partial charge in [-0.3, -0.25) is 4.79 Å². The highest BCUT2D eigenvalue weighted by Crippen LogP contribution is 2.40. The number of nitrogens with zero attached hydrogens (tertiary/aromatic N) is 3. The third-order valence-corrected chi connectivity index (χ3v) is 5.17. The van der Waals surface area contributed by atoms with Gasteiger partial charge in [0.25, 0.3) is 0 Å². The van der Waals surface area contributed by atoms with Crippen LogP contribution in [0.1, 0.15) is 31.0 Å². The topological polar surface area (TPSA) is 69.0 Å². The van der Waals surface area contributed by atoms with Crippen LogP contribution >= 0.6 is 15.9 Å². The molecular weight excluding hydrogens is 420 g/mol. The van der Waals surface area contributed by atoms with Gasteiger partial charge in [0, 0.05) is 21.3 Å². The average molecular weight is 439 g/mol. The van der Waals surface area contributed by atoms with E-state index < -0.39 is 6.04 Å². The highest BCUT2D eigenvalue weighted by Gasteiger charge is 2.33. The molecule has 2 heterocycles. The molecule has 1 atom stereocenters. The van der Waals surface area contributed by atoms with Crippen LogP contribution in [0, 0.1) is 0 Å². The maximum absolute atomic E-state index is 12.5. The molecule has 0 aliphatic carbocycles. The minimum absolute atomic E-state index is 0.0230. The Hall–Kier alpha value is -2.93. The molecule has 3 aromatic rings. The van der Waals surface area contributed by atoms with Gasteiger partial charge in [-0.1, -0.05) is 46.3 Å². The standard InChI is InChI=1S/C21H19BrN4O2/c1-13-19(14(2)27)20(26-21(25-13)23-12-24-26)17-10-16(22)8-9-18(17)28-11-15-6-4-3-5-7-15/h3-10,12,20H,11H2,1-2H3,(H,23,24,25). The number of Topliss-reactive ketones (excluding diaryl/α,β-unsaturated/α-hetero) is 1. The Labute approximate surface area is 171 Å². The molecule has 1 aromatic heterocycles. The number of halogens is 1. The second-order valence-electron chi connectivity index (χ2n) is 6.61. The summed E-state index contributed by atoms with van der Waals surface area (Å²) in [7, 11) is 0. The van der Waals surface area contributed by atoms with Gasteiger partial charge in [-0.25, -0.2) is 4.68 Å². The molecule has 0 saturated carbocycles. The third kappa shape index (κ3) is 3.45. The molecule has 0 radical (unpaired) electrons. The number of ether oxygens (including phenoxy) is 1. The van der Waals surface area contributed by atoms with E-state index in [1.807, 2.05) is 55.5 Å². The number of rotatable bonds is 5. The molecule has 0 bridgehead atoms. The van der Waals surface area contributed by atoms with Gasteiger partial charge in [-0.05, 0) is 37.6 Å². The molecule has 1 N–H and O–H groups in total. The summed E-state index contributed by atoms with van der Waals surface area (Å²) in [6, 6.07) is 15.4. The van der Waals surface area contributed by atoms with E-state index in [1.54, 1.807) is 11.6 Å². The molecule has 0 spiro atoms. The molecule has 1 aliphatic rings. The molecule has 142 valence electrons. The molecule has 7 heteroatoms. The molecule has 1 aliphatic heterocycles. The lowest BCUT2D eigenvalue weighted by atomic mass is 9.92. The molecule has 4 rings (SSSR count). The summed E-state index contributed by atoms with van der Waals surface area (Å²) < 4.78 is 8.77. The van der Waals surface area contributed by atoms with Crippen LogP contribution in [0.5, 0.6) is 5.75 Å². The third-order valence-electron chi connectivity index (χ3n) is 4.68.